The average Bonchev–Trinajstić information content (AvgIpc) is 3.15. The van der Waals surface area contributed by atoms with Gasteiger partial charge in [0.1, 0.15) is 11.5 Å². The molecule has 2 aromatic carbocycles. The molecule has 0 unspecified atom stereocenters. The first kappa shape index (κ1) is 19.8. The second-order valence-corrected chi connectivity index (χ2v) is 6.94. The zero-order chi connectivity index (χ0) is 19.9. The monoisotopic (exact) mass is 399 g/mol. The standard InChI is InChI=1S/C20H21N3O4S/c1-13-6-4-9-17(14(13)2)26-11-19-22-23-20(27-19)28-12-18(24)21-15-7-5-8-16(10-15)25-3/h4-10H,11-12H2,1-3H3,(H,21,24). The Hall–Kier alpha value is -3.00. The lowest BCUT2D eigenvalue weighted by Gasteiger charge is -2.08. The number of hydrogen-bond acceptors (Lipinski definition) is 7. The van der Waals surface area contributed by atoms with Crippen molar-refractivity contribution in [1.82, 2.24) is 10.2 Å². The maximum atomic E-state index is 12.1. The minimum absolute atomic E-state index is 0.149. The number of methoxy groups -OCH3 is 1. The minimum Gasteiger partial charge on any atom is -0.497 e. The van der Waals surface area contributed by atoms with E-state index in [9.17, 15) is 4.79 Å². The molecule has 1 aromatic heterocycles. The van der Waals surface area contributed by atoms with Gasteiger partial charge in [0.2, 0.25) is 5.91 Å². The third kappa shape index (κ3) is 5.26. The maximum Gasteiger partial charge on any atom is 0.277 e. The van der Waals surface area contributed by atoms with Gasteiger partial charge in [-0.3, -0.25) is 4.79 Å². The van der Waals surface area contributed by atoms with Crippen molar-refractivity contribution in [2.24, 2.45) is 0 Å². The Bertz CT molecular complexity index is 958. The average molecular weight is 399 g/mol. The highest BCUT2D eigenvalue weighted by molar-refractivity contribution is 7.99. The van der Waals surface area contributed by atoms with E-state index in [-0.39, 0.29) is 18.3 Å². The number of nitrogens with one attached hydrogen (secondary N) is 1. The number of nitrogens with zero attached hydrogens (tertiary/aromatic N) is 2. The molecule has 3 rings (SSSR count). The molecule has 0 fully saturated rings. The molecule has 1 amide bonds. The summed E-state index contributed by atoms with van der Waals surface area (Å²) in [6.07, 6.45) is 0. The van der Waals surface area contributed by atoms with E-state index in [1.807, 2.05) is 44.2 Å². The molecule has 0 radical (unpaired) electrons. The Morgan fingerprint density at radius 2 is 2.00 bits per heavy atom. The lowest BCUT2D eigenvalue weighted by molar-refractivity contribution is -0.113. The number of aryl methyl sites for hydroxylation is 1. The number of benzene rings is 2. The van der Waals surface area contributed by atoms with Gasteiger partial charge in [-0.2, -0.15) is 0 Å². The first-order valence-corrected chi connectivity index (χ1v) is 9.62. The summed E-state index contributed by atoms with van der Waals surface area (Å²) in [6.45, 7) is 4.20. The molecule has 3 aromatic rings. The molecule has 8 heteroatoms. The van der Waals surface area contributed by atoms with Crippen molar-refractivity contribution in [2.75, 3.05) is 18.2 Å². The van der Waals surface area contributed by atoms with Gasteiger partial charge >= 0.3 is 0 Å². The van der Waals surface area contributed by atoms with Gasteiger partial charge in [-0.25, -0.2) is 0 Å². The molecule has 0 saturated carbocycles. The number of amides is 1. The smallest absolute Gasteiger partial charge is 0.277 e. The number of rotatable bonds is 8. The fourth-order valence-electron chi connectivity index (χ4n) is 2.40. The van der Waals surface area contributed by atoms with Crippen LogP contribution in [-0.4, -0.2) is 29.0 Å². The summed E-state index contributed by atoms with van der Waals surface area (Å²) in [4.78, 5) is 12.1. The second kappa shape index (κ2) is 9.27. The van der Waals surface area contributed by atoms with Crippen LogP contribution >= 0.6 is 11.8 Å². The highest BCUT2D eigenvalue weighted by Gasteiger charge is 2.11. The molecule has 0 aliphatic heterocycles. The summed E-state index contributed by atoms with van der Waals surface area (Å²) in [5, 5.41) is 11.0. The molecule has 146 valence electrons. The SMILES string of the molecule is COc1cccc(NC(=O)CSc2nnc(COc3cccc(C)c3C)o2)c1. The Balaban J connectivity index is 1.49. The lowest BCUT2D eigenvalue weighted by Crippen LogP contribution is -2.13. The molecule has 0 bridgehead atoms. The van der Waals surface area contributed by atoms with Crippen LogP contribution < -0.4 is 14.8 Å². The summed E-state index contributed by atoms with van der Waals surface area (Å²) < 4.78 is 16.4. The van der Waals surface area contributed by atoms with Crippen molar-refractivity contribution in [3.8, 4) is 11.5 Å². The molecule has 1 heterocycles. The van der Waals surface area contributed by atoms with Crippen molar-refractivity contribution < 1.29 is 18.7 Å². The van der Waals surface area contributed by atoms with Crippen LogP contribution in [0, 0.1) is 13.8 Å². The molecule has 0 atom stereocenters. The lowest BCUT2D eigenvalue weighted by atomic mass is 10.1. The largest absolute Gasteiger partial charge is 0.497 e. The number of hydrogen-bond donors (Lipinski definition) is 1. The van der Waals surface area contributed by atoms with Gasteiger partial charge < -0.3 is 19.2 Å². The Morgan fingerprint density at radius 1 is 1.18 bits per heavy atom. The Morgan fingerprint density at radius 3 is 2.82 bits per heavy atom. The van der Waals surface area contributed by atoms with E-state index in [0.29, 0.717) is 22.6 Å². The van der Waals surface area contributed by atoms with Gasteiger partial charge in [0.05, 0.1) is 12.9 Å². The van der Waals surface area contributed by atoms with E-state index in [2.05, 4.69) is 15.5 Å². The highest BCUT2D eigenvalue weighted by atomic mass is 32.2. The van der Waals surface area contributed by atoms with Crippen LogP contribution in [-0.2, 0) is 11.4 Å². The summed E-state index contributed by atoms with van der Waals surface area (Å²) in [5.74, 6) is 1.79. The third-order valence-electron chi connectivity index (χ3n) is 4.03. The molecular weight excluding hydrogens is 378 g/mol. The fourth-order valence-corrected chi connectivity index (χ4v) is 2.98. The van der Waals surface area contributed by atoms with Crippen LogP contribution in [0.3, 0.4) is 0 Å². The Kier molecular flexibility index (Phi) is 6.54. The second-order valence-electron chi connectivity index (χ2n) is 6.02. The highest BCUT2D eigenvalue weighted by Crippen LogP contribution is 2.23. The van der Waals surface area contributed by atoms with Gasteiger partial charge in [-0.15, -0.1) is 10.2 Å². The maximum absolute atomic E-state index is 12.1. The predicted octanol–water partition coefficient (Wildman–Crippen LogP) is 4.00. The first-order valence-electron chi connectivity index (χ1n) is 8.63. The molecule has 0 aliphatic rings. The number of anilines is 1. The number of carbonyl (C=O) groups excluding carboxylic acids is 1. The zero-order valence-corrected chi connectivity index (χ0v) is 16.7. The molecule has 0 saturated heterocycles. The third-order valence-corrected chi connectivity index (χ3v) is 4.85. The van der Waals surface area contributed by atoms with E-state index in [1.54, 1.807) is 19.2 Å². The normalized spacial score (nSPS) is 10.5. The van der Waals surface area contributed by atoms with Crippen LogP contribution in [0.5, 0.6) is 11.5 Å². The molecule has 28 heavy (non-hydrogen) atoms. The van der Waals surface area contributed by atoms with Crippen LogP contribution in [0.15, 0.2) is 52.1 Å². The van der Waals surface area contributed by atoms with E-state index >= 15 is 0 Å². The van der Waals surface area contributed by atoms with Gasteiger partial charge in [-0.05, 0) is 43.2 Å². The van der Waals surface area contributed by atoms with Crippen molar-refractivity contribution >= 4 is 23.4 Å². The number of aromatic nitrogens is 2. The van der Waals surface area contributed by atoms with Crippen LogP contribution in [0.1, 0.15) is 17.0 Å². The fraction of sp³-hybridized carbons (Fsp3) is 0.250. The zero-order valence-electron chi connectivity index (χ0n) is 15.9. The van der Waals surface area contributed by atoms with Crippen molar-refractivity contribution in [1.29, 1.82) is 0 Å². The van der Waals surface area contributed by atoms with Crippen molar-refractivity contribution in [2.45, 2.75) is 25.7 Å². The molecule has 0 spiro atoms. The van der Waals surface area contributed by atoms with Crippen molar-refractivity contribution in [3.63, 3.8) is 0 Å². The number of thioether (sulfide) groups is 1. The molecule has 1 N–H and O–H groups in total. The molecule has 7 nitrogen and oxygen atoms in total. The van der Waals surface area contributed by atoms with Gasteiger partial charge in [0.25, 0.3) is 11.1 Å². The van der Waals surface area contributed by atoms with E-state index in [1.165, 1.54) is 11.8 Å². The van der Waals surface area contributed by atoms with Crippen LogP contribution in [0.25, 0.3) is 0 Å². The molecular formula is C20H21N3O4S. The first-order chi connectivity index (χ1) is 13.5. The van der Waals surface area contributed by atoms with Crippen LogP contribution in [0.2, 0.25) is 0 Å². The van der Waals surface area contributed by atoms with Gasteiger partial charge in [-0.1, -0.05) is 30.0 Å². The predicted molar refractivity (Wildman–Crippen MR) is 107 cm³/mol. The van der Waals surface area contributed by atoms with E-state index in [4.69, 9.17) is 13.9 Å². The summed E-state index contributed by atoms with van der Waals surface area (Å²) in [6, 6.07) is 13.0. The summed E-state index contributed by atoms with van der Waals surface area (Å²) in [7, 11) is 1.58. The minimum atomic E-state index is -0.176. The van der Waals surface area contributed by atoms with E-state index in [0.717, 1.165) is 16.9 Å². The van der Waals surface area contributed by atoms with Crippen LogP contribution in [0.4, 0.5) is 5.69 Å². The molecule has 0 aliphatic carbocycles. The summed E-state index contributed by atoms with van der Waals surface area (Å²) in [5.41, 5.74) is 2.89. The van der Waals surface area contributed by atoms with Gasteiger partial charge in [0, 0.05) is 11.8 Å². The summed E-state index contributed by atoms with van der Waals surface area (Å²) >= 11 is 1.17. The van der Waals surface area contributed by atoms with Gasteiger partial charge in [0.15, 0.2) is 6.61 Å². The number of carbonyl (C=O) groups is 1. The van der Waals surface area contributed by atoms with Crippen molar-refractivity contribution in [3.05, 3.63) is 59.5 Å². The Labute approximate surface area is 167 Å². The van der Waals surface area contributed by atoms with E-state index < -0.39 is 0 Å². The topological polar surface area (TPSA) is 86.5 Å². The number of ether oxygens (including phenoxy) is 2. The quantitative estimate of drug-likeness (QED) is 0.573.